The third kappa shape index (κ3) is 3.98. The highest BCUT2D eigenvalue weighted by Gasteiger charge is 2.18. The maximum absolute atomic E-state index is 11.0. The monoisotopic (exact) mass is 331 g/mol. The van der Waals surface area contributed by atoms with Crippen molar-refractivity contribution in [2.45, 2.75) is 24.3 Å². The lowest BCUT2D eigenvalue weighted by molar-refractivity contribution is -0.132. The third-order valence-electron chi connectivity index (χ3n) is 4.26. The van der Waals surface area contributed by atoms with E-state index >= 15 is 0 Å². The lowest BCUT2D eigenvalue weighted by atomic mass is 9.98. The van der Waals surface area contributed by atoms with Crippen LogP contribution in [0.15, 0.2) is 46.4 Å². The molecule has 23 heavy (non-hydrogen) atoms. The Hall–Kier alpha value is -1.72. The van der Waals surface area contributed by atoms with E-state index in [1.54, 1.807) is 13.2 Å². The minimum Gasteiger partial charge on any atom is -0.497 e. The van der Waals surface area contributed by atoms with Crippen LogP contribution in [0, 0.1) is 0 Å². The van der Waals surface area contributed by atoms with E-state index < -0.39 is 5.97 Å². The zero-order chi connectivity index (χ0) is 16.2. The fourth-order valence-electron chi connectivity index (χ4n) is 2.96. The van der Waals surface area contributed by atoms with Gasteiger partial charge >= 0.3 is 5.97 Å². The van der Waals surface area contributed by atoms with Crippen LogP contribution in [-0.4, -0.2) is 41.9 Å². The highest BCUT2D eigenvalue weighted by Crippen LogP contribution is 2.31. The molecular weight excluding hydrogens is 310 g/mol. The molecule has 0 unspecified atom stereocenters. The normalized spacial score (nSPS) is 18.5. The summed E-state index contributed by atoms with van der Waals surface area (Å²) in [6.07, 6.45) is 5.21. The number of benzene rings is 1. The Labute approximate surface area is 140 Å². The molecule has 1 aromatic rings. The fourth-order valence-corrected chi connectivity index (χ4v) is 4.01. The first-order valence-electron chi connectivity index (χ1n) is 7.79. The molecule has 4 nitrogen and oxygen atoms in total. The number of aliphatic carboxylic acids is 1. The van der Waals surface area contributed by atoms with Crippen molar-refractivity contribution in [2.24, 2.45) is 0 Å². The van der Waals surface area contributed by atoms with Gasteiger partial charge in [0.2, 0.25) is 0 Å². The molecular formula is C18H21NO3S. The van der Waals surface area contributed by atoms with E-state index in [1.807, 2.05) is 23.9 Å². The van der Waals surface area contributed by atoms with Crippen molar-refractivity contribution in [1.29, 1.82) is 0 Å². The molecule has 5 heteroatoms. The number of rotatable bonds is 4. The number of fused-ring (bicyclic) bond motifs is 1. The Balaban J connectivity index is 1.70. The van der Waals surface area contributed by atoms with Crippen molar-refractivity contribution in [1.82, 2.24) is 4.90 Å². The second kappa shape index (κ2) is 7.23. The van der Waals surface area contributed by atoms with E-state index in [1.165, 1.54) is 16.0 Å². The molecule has 0 amide bonds. The van der Waals surface area contributed by atoms with Gasteiger partial charge in [-0.15, -0.1) is 11.8 Å². The van der Waals surface area contributed by atoms with Gasteiger partial charge in [-0.25, -0.2) is 4.79 Å². The quantitative estimate of drug-likeness (QED) is 0.917. The number of nitrogens with zero attached hydrogens (tertiary/aromatic N) is 1. The molecule has 0 saturated carbocycles. The molecule has 0 atom stereocenters. The first-order chi connectivity index (χ1) is 11.2. The predicted octanol–water partition coefficient (Wildman–Crippen LogP) is 3.33. The van der Waals surface area contributed by atoms with E-state index in [9.17, 15) is 4.79 Å². The van der Waals surface area contributed by atoms with Gasteiger partial charge in [-0.05, 0) is 36.6 Å². The summed E-state index contributed by atoms with van der Waals surface area (Å²) in [6, 6.07) is 6.28. The number of ether oxygens (including phenoxy) is 1. The molecule has 1 heterocycles. The van der Waals surface area contributed by atoms with E-state index in [4.69, 9.17) is 9.84 Å². The first kappa shape index (κ1) is 16.1. The minimum atomic E-state index is -0.799. The molecule has 1 aliphatic carbocycles. The summed E-state index contributed by atoms with van der Waals surface area (Å²) in [5, 5.41) is 9.02. The van der Waals surface area contributed by atoms with Crippen molar-refractivity contribution < 1.29 is 14.6 Å². The molecule has 0 aromatic heterocycles. The summed E-state index contributed by atoms with van der Waals surface area (Å²) in [4.78, 5) is 14.7. The van der Waals surface area contributed by atoms with Gasteiger partial charge in [0, 0.05) is 35.9 Å². The molecule has 0 spiro atoms. The molecule has 3 rings (SSSR count). The van der Waals surface area contributed by atoms with Crippen molar-refractivity contribution >= 4 is 17.7 Å². The standard InChI is InChI=1S/C18H21NO3S/c1-22-16-6-7-17-15(10-16)12-19(8-9-23-17)11-13-2-4-14(5-3-13)18(20)21/h2,4,6-7,10H,3,5,8-9,11-12H2,1H3,(H,20,21). The van der Waals surface area contributed by atoms with Crippen molar-refractivity contribution in [3.8, 4) is 5.75 Å². The number of carbonyl (C=O) groups is 1. The van der Waals surface area contributed by atoms with E-state index in [2.05, 4.69) is 17.0 Å². The van der Waals surface area contributed by atoms with Gasteiger partial charge < -0.3 is 9.84 Å². The molecule has 122 valence electrons. The van der Waals surface area contributed by atoms with Crippen LogP contribution in [0.5, 0.6) is 5.75 Å². The zero-order valence-electron chi connectivity index (χ0n) is 13.2. The van der Waals surface area contributed by atoms with Crippen LogP contribution < -0.4 is 4.74 Å². The van der Waals surface area contributed by atoms with Crippen LogP contribution in [0.1, 0.15) is 18.4 Å². The average molecular weight is 331 g/mol. The summed E-state index contributed by atoms with van der Waals surface area (Å²) in [5.41, 5.74) is 3.13. The topological polar surface area (TPSA) is 49.8 Å². The van der Waals surface area contributed by atoms with Crippen LogP contribution >= 0.6 is 11.8 Å². The van der Waals surface area contributed by atoms with Gasteiger partial charge in [-0.2, -0.15) is 0 Å². The number of methoxy groups -OCH3 is 1. The van der Waals surface area contributed by atoms with E-state index in [0.29, 0.717) is 12.0 Å². The first-order valence-corrected chi connectivity index (χ1v) is 8.78. The molecule has 0 bridgehead atoms. The number of carboxylic acids is 1. The van der Waals surface area contributed by atoms with Crippen LogP contribution in [-0.2, 0) is 11.3 Å². The maximum Gasteiger partial charge on any atom is 0.331 e. The molecule has 0 fully saturated rings. The van der Waals surface area contributed by atoms with Gasteiger partial charge in [0.05, 0.1) is 7.11 Å². The number of thioether (sulfide) groups is 1. The average Bonchev–Trinajstić information content (AvgIpc) is 2.76. The summed E-state index contributed by atoms with van der Waals surface area (Å²) in [5.74, 6) is 1.17. The van der Waals surface area contributed by atoms with Crippen LogP contribution in [0.4, 0.5) is 0 Å². The lowest BCUT2D eigenvalue weighted by Crippen LogP contribution is -2.27. The molecule has 2 aliphatic rings. The second-order valence-electron chi connectivity index (χ2n) is 5.85. The van der Waals surface area contributed by atoms with Crippen LogP contribution in [0.2, 0.25) is 0 Å². The van der Waals surface area contributed by atoms with Gasteiger partial charge in [-0.3, -0.25) is 4.90 Å². The highest BCUT2D eigenvalue weighted by molar-refractivity contribution is 7.99. The number of carboxylic acid groups (broad SMARTS) is 1. The number of allylic oxidation sites excluding steroid dienone is 2. The lowest BCUT2D eigenvalue weighted by Gasteiger charge is -2.23. The number of hydrogen-bond donors (Lipinski definition) is 1. The third-order valence-corrected chi connectivity index (χ3v) is 5.36. The van der Waals surface area contributed by atoms with Crippen molar-refractivity contribution in [3.63, 3.8) is 0 Å². The molecule has 0 radical (unpaired) electrons. The largest absolute Gasteiger partial charge is 0.497 e. The molecule has 1 aliphatic heterocycles. The number of hydrogen-bond acceptors (Lipinski definition) is 4. The Morgan fingerprint density at radius 2 is 2.22 bits per heavy atom. The fraction of sp³-hybridized carbons (Fsp3) is 0.389. The van der Waals surface area contributed by atoms with Gasteiger partial charge in [0.25, 0.3) is 0 Å². The van der Waals surface area contributed by atoms with Crippen molar-refractivity contribution in [3.05, 3.63) is 47.1 Å². The van der Waals surface area contributed by atoms with Gasteiger partial charge in [0.1, 0.15) is 5.75 Å². The molecule has 1 N–H and O–H groups in total. The summed E-state index contributed by atoms with van der Waals surface area (Å²) < 4.78 is 5.34. The van der Waals surface area contributed by atoms with Crippen LogP contribution in [0.3, 0.4) is 0 Å². The van der Waals surface area contributed by atoms with Gasteiger partial charge in [-0.1, -0.05) is 17.7 Å². The van der Waals surface area contributed by atoms with E-state index in [0.717, 1.165) is 37.6 Å². The minimum absolute atomic E-state index is 0.509. The smallest absolute Gasteiger partial charge is 0.331 e. The van der Waals surface area contributed by atoms with Crippen LogP contribution in [0.25, 0.3) is 0 Å². The Kier molecular flexibility index (Phi) is 5.08. The Morgan fingerprint density at radius 1 is 1.35 bits per heavy atom. The second-order valence-corrected chi connectivity index (χ2v) is 6.99. The Bertz CT molecular complexity index is 666. The SMILES string of the molecule is COc1ccc2c(c1)CN(CC1=CC=C(C(=O)O)CC1)CCS2. The molecule has 0 saturated heterocycles. The maximum atomic E-state index is 11.0. The zero-order valence-corrected chi connectivity index (χ0v) is 14.1. The summed E-state index contributed by atoms with van der Waals surface area (Å²) >= 11 is 1.89. The predicted molar refractivity (Wildman–Crippen MR) is 92.0 cm³/mol. The molecule has 1 aromatic carbocycles. The van der Waals surface area contributed by atoms with Crippen molar-refractivity contribution in [2.75, 3.05) is 26.0 Å². The highest BCUT2D eigenvalue weighted by atomic mass is 32.2. The summed E-state index contributed by atoms with van der Waals surface area (Å²) in [7, 11) is 1.70. The summed E-state index contributed by atoms with van der Waals surface area (Å²) in [6.45, 7) is 2.85. The van der Waals surface area contributed by atoms with Gasteiger partial charge in [0.15, 0.2) is 0 Å². The Morgan fingerprint density at radius 3 is 2.91 bits per heavy atom. The van der Waals surface area contributed by atoms with E-state index in [-0.39, 0.29) is 0 Å².